The summed E-state index contributed by atoms with van der Waals surface area (Å²) in [4.78, 5) is 0. The van der Waals surface area contributed by atoms with E-state index >= 15 is 0 Å². The van der Waals surface area contributed by atoms with E-state index in [2.05, 4.69) is 43.4 Å². The first-order valence-electron chi connectivity index (χ1n) is 12.4. The van der Waals surface area contributed by atoms with Crippen LogP contribution in [-0.4, -0.2) is 57.8 Å². The molecule has 0 aromatic heterocycles. The second-order valence-electron chi connectivity index (χ2n) is 9.29. The summed E-state index contributed by atoms with van der Waals surface area (Å²) < 4.78 is 16.5. The van der Waals surface area contributed by atoms with E-state index in [0.717, 1.165) is 43.7 Å². The van der Waals surface area contributed by atoms with Gasteiger partial charge in [-0.3, -0.25) is 0 Å². The first-order valence-corrected chi connectivity index (χ1v) is 12.4. The minimum atomic E-state index is -0.576. The number of aliphatic hydroxyl groups is 1. The molecule has 0 spiro atoms. The van der Waals surface area contributed by atoms with Crippen LogP contribution in [0.3, 0.4) is 0 Å². The molecule has 0 saturated carbocycles. The summed E-state index contributed by atoms with van der Waals surface area (Å²) in [6, 6.07) is 16.2. The molecule has 0 saturated heterocycles. The van der Waals surface area contributed by atoms with Gasteiger partial charge in [0.2, 0.25) is 0 Å². The van der Waals surface area contributed by atoms with Crippen molar-refractivity contribution in [1.29, 1.82) is 0 Å². The Balaban J connectivity index is 1.87. The molecule has 6 heteroatoms. The van der Waals surface area contributed by atoms with E-state index in [1.165, 1.54) is 11.1 Å². The maximum atomic E-state index is 10.6. The number of methoxy groups -OCH3 is 2. The summed E-state index contributed by atoms with van der Waals surface area (Å²) in [6.45, 7) is 7.00. The normalized spacial score (nSPS) is 14.1. The highest BCUT2D eigenvalue weighted by atomic mass is 16.5. The van der Waals surface area contributed by atoms with Crippen molar-refractivity contribution in [2.75, 3.05) is 40.5 Å². The number of ether oxygens (including phenoxy) is 3. The van der Waals surface area contributed by atoms with E-state index in [0.29, 0.717) is 31.6 Å². The Kier molecular flexibility index (Phi) is 13.0. The predicted octanol–water partition coefficient (Wildman–Crippen LogP) is 3.84. The van der Waals surface area contributed by atoms with Crippen molar-refractivity contribution >= 4 is 0 Å². The lowest BCUT2D eigenvalue weighted by Crippen LogP contribution is -2.44. The molecule has 190 valence electrons. The van der Waals surface area contributed by atoms with Gasteiger partial charge in [0.05, 0.1) is 19.8 Å². The van der Waals surface area contributed by atoms with Crippen molar-refractivity contribution in [3.05, 3.63) is 59.7 Å². The van der Waals surface area contributed by atoms with E-state index in [-0.39, 0.29) is 6.04 Å². The smallest absolute Gasteiger partial charge is 0.161 e. The van der Waals surface area contributed by atoms with Crippen LogP contribution in [0.1, 0.15) is 37.8 Å². The quantitative estimate of drug-likeness (QED) is 0.303. The Morgan fingerprint density at radius 2 is 1.74 bits per heavy atom. The van der Waals surface area contributed by atoms with Crippen molar-refractivity contribution in [3.8, 4) is 11.5 Å². The summed E-state index contributed by atoms with van der Waals surface area (Å²) in [5.41, 5.74) is 8.90. The van der Waals surface area contributed by atoms with Gasteiger partial charge in [-0.05, 0) is 60.9 Å². The van der Waals surface area contributed by atoms with Crippen molar-refractivity contribution in [2.45, 2.75) is 51.7 Å². The molecule has 3 atom stereocenters. The number of benzene rings is 2. The number of hydrogen-bond donors (Lipinski definition) is 3. The molecule has 6 nitrogen and oxygen atoms in total. The van der Waals surface area contributed by atoms with Crippen LogP contribution in [0.15, 0.2) is 48.5 Å². The fourth-order valence-corrected chi connectivity index (χ4v) is 4.03. The first-order chi connectivity index (χ1) is 16.4. The molecule has 2 rings (SSSR count). The van der Waals surface area contributed by atoms with Crippen LogP contribution in [0.4, 0.5) is 0 Å². The lowest BCUT2D eigenvalue weighted by Gasteiger charge is -2.27. The Bertz CT molecular complexity index is 800. The number of aliphatic hydroxyl groups excluding tert-OH is 1. The van der Waals surface area contributed by atoms with Gasteiger partial charge in [0.15, 0.2) is 11.5 Å². The zero-order valence-corrected chi connectivity index (χ0v) is 21.3. The van der Waals surface area contributed by atoms with Gasteiger partial charge >= 0.3 is 0 Å². The molecule has 0 aliphatic heterocycles. The van der Waals surface area contributed by atoms with Crippen LogP contribution in [0, 0.1) is 11.8 Å². The molecule has 0 aliphatic carbocycles. The minimum Gasteiger partial charge on any atom is -0.493 e. The van der Waals surface area contributed by atoms with Gasteiger partial charge < -0.3 is 30.4 Å². The van der Waals surface area contributed by atoms with Crippen molar-refractivity contribution in [2.24, 2.45) is 17.6 Å². The summed E-state index contributed by atoms with van der Waals surface area (Å²) >= 11 is 0. The molecule has 0 radical (unpaired) electrons. The summed E-state index contributed by atoms with van der Waals surface area (Å²) in [7, 11) is 3.35. The van der Waals surface area contributed by atoms with E-state index in [1.54, 1.807) is 14.2 Å². The average molecular weight is 473 g/mol. The van der Waals surface area contributed by atoms with E-state index in [1.807, 2.05) is 24.3 Å². The second-order valence-corrected chi connectivity index (χ2v) is 9.29. The molecule has 0 bridgehead atoms. The molecular formula is C28H44N2O4. The van der Waals surface area contributed by atoms with Gasteiger partial charge in [0, 0.05) is 32.7 Å². The van der Waals surface area contributed by atoms with Crippen LogP contribution in [0.5, 0.6) is 11.5 Å². The molecule has 0 heterocycles. The van der Waals surface area contributed by atoms with E-state index < -0.39 is 6.10 Å². The van der Waals surface area contributed by atoms with Crippen molar-refractivity contribution < 1.29 is 19.3 Å². The lowest BCUT2D eigenvalue weighted by atomic mass is 9.83. The molecule has 0 unspecified atom stereocenters. The van der Waals surface area contributed by atoms with Gasteiger partial charge in [0.25, 0.3) is 0 Å². The van der Waals surface area contributed by atoms with Crippen LogP contribution < -0.4 is 20.5 Å². The van der Waals surface area contributed by atoms with Crippen molar-refractivity contribution in [3.63, 3.8) is 0 Å². The molecule has 4 N–H and O–H groups in total. The molecular weight excluding hydrogens is 428 g/mol. The number of rotatable bonds is 17. The standard InChI is InChI=1S/C28H44N2O4/c1-21(2)24(17-23-11-12-27(33-4)28(18-23)34-16-8-15-32-3)19-25(29)26(31)20-30-14-13-22-9-6-5-7-10-22/h5-7,9-12,18,21,24-26,30-31H,8,13-17,19-20,29H2,1-4H3/t24-,25-,26-/m0/s1. The highest BCUT2D eigenvalue weighted by Gasteiger charge is 2.23. The predicted molar refractivity (Wildman–Crippen MR) is 139 cm³/mol. The Morgan fingerprint density at radius 1 is 0.971 bits per heavy atom. The Hall–Kier alpha value is -2.12. The minimum absolute atomic E-state index is 0.278. The average Bonchev–Trinajstić information content (AvgIpc) is 2.84. The highest BCUT2D eigenvalue weighted by Crippen LogP contribution is 2.31. The fraction of sp³-hybridized carbons (Fsp3) is 0.571. The first kappa shape index (κ1) is 28.1. The fourth-order valence-electron chi connectivity index (χ4n) is 4.03. The summed E-state index contributed by atoms with van der Waals surface area (Å²) in [5.74, 6) is 2.28. The zero-order chi connectivity index (χ0) is 24.8. The third-order valence-electron chi connectivity index (χ3n) is 6.27. The Labute approximate surface area is 205 Å². The van der Waals surface area contributed by atoms with E-state index in [9.17, 15) is 5.11 Å². The number of hydrogen-bond acceptors (Lipinski definition) is 6. The largest absolute Gasteiger partial charge is 0.493 e. The van der Waals surface area contributed by atoms with Gasteiger partial charge in [-0.1, -0.05) is 50.2 Å². The number of nitrogens with two attached hydrogens (primary N) is 1. The van der Waals surface area contributed by atoms with Crippen LogP contribution in [-0.2, 0) is 17.6 Å². The Morgan fingerprint density at radius 3 is 2.41 bits per heavy atom. The topological polar surface area (TPSA) is 86.0 Å². The monoisotopic (exact) mass is 472 g/mol. The van der Waals surface area contributed by atoms with Gasteiger partial charge in [-0.2, -0.15) is 0 Å². The molecule has 0 amide bonds. The molecule has 0 aliphatic rings. The number of nitrogens with one attached hydrogen (secondary N) is 1. The lowest BCUT2D eigenvalue weighted by molar-refractivity contribution is 0.124. The maximum absolute atomic E-state index is 10.6. The van der Waals surface area contributed by atoms with Gasteiger partial charge in [-0.15, -0.1) is 0 Å². The zero-order valence-electron chi connectivity index (χ0n) is 21.3. The molecule has 0 fully saturated rings. The third-order valence-corrected chi connectivity index (χ3v) is 6.27. The van der Waals surface area contributed by atoms with Gasteiger partial charge in [-0.25, -0.2) is 0 Å². The molecule has 2 aromatic carbocycles. The van der Waals surface area contributed by atoms with Crippen LogP contribution >= 0.6 is 0 Å². The SMILES string of the molecule is COCCCOc1cc(C[C@@H](C[C@H](N)[C@@H](O)CNCCc2ccccc2)C(C)C)ccc1OC. The maximum Gasteiger partial charge on any atom is 0.161 e. The third kappa shape index (κ3) is 10.0. The van der Waals surface area contributed by atoms with Crippen LogP contribution in [0.2, 0.25) is 0 Å². The van der Waals surface area contributed by atoms with Crippen LogP contribution in [0.25, 0.3) is 0 Å². The summed E-state index contributed by atoms with van der Waals surface area (Å²) in [5, 5.41) is 14.0. The highest BCUT2D eigenvalue weighted by molar-refractivity contribution is 5.43. The van der Waals surface area contributed by atoms with Crippen molar-refractivity contribution in [1.82, 2.24) is 5.32 Å². The van der Waals surface area contributed by atoms with Gasteiger partial charge in [0.1, 0.15) is 0 Å². The summed E-state index contributed by atoms with van der Waals surface area (Å²) in [6.07, 6.45) is 2.82. The molecule has 2 aromatic rings. The molecule has 34 heavy (non-hydrogen) atoms. The second kappa shape index (κ2) is 15.7. The van der Waals surface area contributed by atoms with E-state index in [4.69, 9.17) is 19.9 Å².